The summed E-state index contributed by atoms with van der Waals surface area (Å²) in [7, 11) is 0. The standard InChI is InChI=1S/C13H13ClN2S/c14-10-4-5-13(12(15)9-10)17-8-6-11-3-1-2-7-16-11/h1-5,7,9H,6,8,15H2. The van der Waals surface area contributed by atoms with Gasteiger partial charge in [0, 0.05) is 33.2 Å². The summed E-state index contributed by atoms with van der Waals surface area (Å²) in [5.41, 5.74) is 7.72. The van der Waals surface area contributed by atoms with Gasteiger partial charge < -0.3 is 5.73 Å². The van der Waals surface area contributed by atoms with Gasteiger partial charge in [-0.15, -0.1) is 11.8 Å². The second kappa shape index (κ2) is 5.94. The van der Waals surface area contributed by atoms with Crippen molar-refractivity contribution in [3.63, 3.8) is 0 Å². The molecule has 88 valence electrons. The number of anilines is 1. The van der Waals surface area contributed by atoms with E-state index < -0.39 is 0 Å². The lowest BCUT2D eigenvalue weighted by molar-refractivity contribution is 1.05. The zero-order valence-electron chi connectivity index (χ0n) is 9.27. The van der Waals surface area contributed by atoms with E-state index in [2.05, 4.69) is 4.98 Å². The Kier molecular flexibility index (Phi) is 4.29. The molecule has 0 aliphatic heterocycles. The molecule has 0 atom stereocenters. The Balaban J connectivity index is 1.90. The molecular formula is C13H13ClN2S. The summed E-state index contributed by atoms with van der Waals surface area (Å²) in [5, 5.41) is 0.677. The van der Waals surface area contributed by atoms with Gasteiger partial charge in [0.2, 0.25) is 0 Å². The van der Waals surface area contributed by atoms with Crippen molar-refractivity contribution < 1.29 is 0 Å². The third-order valence-electron chi connectivity index (χ3n) is 2.31. The van der Waals surface area contributed by atoms with Crippen LogP contribution in [0.3, 0.4) is 0 Å². The van der Waals surface area contributed by atoms with Crippen molar-refractivity contribution >= 4 is 29.1 Å². The average molecular weight is 265 g/mol. The van der Waals surface area contributed by atoms with E-state index in [1.54, 1.807) is 17.8 Å². The topological polar surface area (TPSA) is 38.9 Å². The Morgan fingerprint density at radius 1 is 1.24 bits per heavy atom. The van der Waals surface area contributed by atoms with E-state index in [0.717, 1.165) is 28.5 Å². The highest BCUT2D eigenvalue weighted by Crippen LogP contribution is 2.27. The molecule has 2 N–H and O–H groups in total. The van der Waals surface area contributed by atoms with Gasteiger partial charge in [-0.1, -0.05) is 17.7 Å². The van der Waals surface area contributed by atoms with Gasteiger partial charge in [0.15, 0.2) is 0 Å². The van der Waals surface area contributed by atoms with E-state index in [9.17, 15) is 0 Å². The number of rotatable bonds is 4. The maximum Gasteiger partial charge on any atom is 0.0467 e. The molecule has 1 aromatic carbocycles. The number of nitrogen functional groups attached to an aromatic ring is 1. The van der Waals surface area contributed by atoms with Crippen LogP contribution in [0.25, 0.3) is 0 Å². The van der Waals surface area contributed by atoms with Crippen LogP contribution in [-0.4, -0.2) is 10.7 Å². The normalized spacial score (nSPS) is 10.4. The molecule has 17 heavy (non-hydrogen) atoms. The molecule has 0 saturated carbocycles. The Morgan fingerprint density at radius 3 is 2.82 bits per heavy atom. The van der Waals surface area contributed by atoms with Crippen LogP contribution in [0.1, 0.15) is 5.69 Å². The molecule has 1 aromatic heterocycles. The fourth-order valence-electron chi connectivity index (χ4n) is 1.46. The molecule has 2 rings (SSSR count). The first kappa shape index (κ1) is 12.3. The molecule has 0 fully saturated rings. The quantitative estimate of drug-likeness (QED) is 0.677. The van der Waals surface area contributed by atoms with Gasteiger partial charge >= 0.3 is 0 Å². The lowest BCUT2D eigenvalue weighted by Crippen LogP contribution is -1.93. The number of thioether (sulfide) groups is 1. The number of hydrogen-bond acceptors (Lipinski definition) is 3. The van der Waals surface area contributed by atoms with Gasteiger partial charge in [-0.25, -0.2) is 0 Å². The fourth-order valence-corrected chi connectivity index (χ4v) is 2.56. The van der Waals surface area contributed by atoms with Gasteiger partial charge in [-0.2, -0.15) is 0 Å². The Morgan fingerprint density at radius 2 is 2.12 bits per heavy atom. The van der Waals surface area contributed by atoms with Crippen LogP contribution in [0, 0.1) is 0 Å². The Hall–Kier alpha value is -1.19. The van der Waals surface area contributed by atoms with Gasteiger partial charge in [0.25, 0.3) is 0 Å². The lowest BCUT2D eigenvalue weighted by Gasteiger charge is -2.05. The van der Waals surface area contributed by atoms with E-state index in [-0.39, 0.29) is 0 Å². The number of aryl methyl sites for hydroxylation is 1. The smallest absolute Gasteiger partial charge is 0.0467 e. The largest absolute Gasteiger partial charge is 0.398 e. The van der Waals surface area contributed by atoms with Crippen LogP contribution in [0.2, 0.25) is 5.02 Å². The highest BCUT2D eigenvalue weighted by atomic mass is 35.5. The molecule has 4 heteroatoms. The van der Waals surface area contributed by atoms with Gasteiger partial charge in [0.05, 0.1) is 0 Å². The van der Waals surface area contributed by atoms with Crippen molar-refractivity contribution in [1.82, 2.24) is 4.98 Å². The summed E-state index contributed by atoms with van der Waals surface area (Å²) in [6.07, 6.45) is 2.75. The highest BCUT2D eigenvalue weighted by Gasteiger charge is 2.01. The van der Waals surface area contributed by atoms with Crippen LogP contribution in [0.5, 0.6) is 0 Å². The molecule has 0 unspecified atom stereocenters. The number of aromatic nitrogens is 1. The average Bonchev–Trinajstić information content (AvgIpc) is 2.33. The summed E-state index contributed by atoms with van der Waals surface area (Å²) in [4.78, 5) is 5.36. The Labute approximate surface area is 110 Å². The van der Waals surface area contributed by atoms with Crippen molar-refractivity contribution in [1.29, 1.82) is 0 Å². The molecule has 0 radical (unpaired) electrons. The molecule has 0 bridgehead atoms. The maximum atomic E-state index is 5.88. The predicted molar refractivity (Wildman–Crippen MR) is 74.5 cm³/mol. The third-order valence-corrected chi connectivity index (χ3v) is 3.64. The molecular weight excluding hydrogens is 252 g/mol. The van der Waals surface area contributed by atoms with Crippen molar-refractivity contribution in [2.45, 2.75) is 11.3 Å². The highest BCUT2D eigenvalue weighted by molar-refractivity contribution is 7.99. The molecule has 2 nitrogen and oxygen atoms in total. The maximum absolute atomic E-state index is 5.88. The van der Waals surface area contributed by atoms with Crippen LogP contribution in [0.4, 0.5) is 5.69 Å². The van der Waals surface area contributed by atoms with E-state index in [1.165, 1.54) is 0 Å². The van der Waals surface area contributed by atoms with E-state index in [4.69, 9.17) is 17.3 Å². The minimum atomic E-state index is 0.677. The zero-order valence-corrected chi connectivity index (χ0v) is 10.8. The second-order valence-electron chi connectivity index (χ2n) is 3.60. The number of pyridine rings is 1. The molecule has 1 heterocycles. The number of halogens is 1. The zero-order chi connectivity index (χ0) is 12.1. The molecule has 0 spiro atoms. The van der Waals surface area contributed by atoms with Crippen molar-refractivity contribution in [3.8, 4) is 0 Å². The van der Waals surface area contributed by atoms with Crippen LogP contribution in [-0.2, 0) is 6.42 Å². The third kappa shape index (κ3) is 3.65. The first-order chi connectivity index (χ1) is 8.25. The fraction of sp³-hybridized carbons (Fsp3) is 0.154. The van der Waals surface area contributed by atoms with E-state index in [0.29, 0.717) is 5.02 Å². The monoisotopic (exact) mass is 264 g/mol. The minimum absolute atomic E-state index is 0.677. The summed E-state index contributed by atoms with van der Waals surface area (Å²) in [6.45, 7) is 0. The summed E-state index contributed by atoms with van der Waals surface area (Å²) >= 11 is 7.57. The summed E-state index contributed by atoms with van der Waals surface area (Å²) in [6, 6.07) is 11.6. The molecule has 0 saturated heterocycles. The summed E-state index contributed by atoms with van der Waals surface area (Å²) in [5.74, 6) is 0.961. The number of nitrogens with zero attached hydrogens (tertiary/aromatic N) is 1. The SMILES string of the molecule is Nc1cc(Cl)ccc1SCCc1ccccn1. The summed E-state index contributed by atoms with van der Waals surface area (Å²) < 4.78 is 0. The van der Waals surface area contributed by atoms with Gasteiger partial charge in [-0.3, -0.25) is 4.98 Å². The predicted octanol–water partition coefficient (Wildman–Crippen LogP) is 3.65. The van der Waals surface area contributed by atoms with Gasteiger partial charge in [-0.05, 0) is 36.8 Å². The number of hydrogen-bond donors (Lipinski definition) is 1. The van der Waals surface area contributed by atoms with Crippen LogP contribution >= 0.6 is 23.4 Å². The van der Waals surface area contributed by atoms with Crippen LogP contribution in [0.15, 0.2) is 47.5 Å². The first-order valence-corrected chi connectivity index (χ1v) is 6.70. The van der Waals surface area contributed by atoms with Crippen molar-refractivity contribution in [2.75, 3.05) is 11.5 Å². The second-order valence-corrected chi connectivity index (χ2v) is 5.17. The van der Waals surface area contributed by atoms with Crippen molar-refractivity contribution in [2.24, 2.45) is 0 Å². The molecule has 0 aliphatic rings. The van der Waals surface area contributed by atoms with Gasteiger partial charge in [0.1, 0.15) is 0 Å². The lowest BCUT2D eigenvalue weighted by atomic mass is 10.3. The Bertz CT molecular complexity index is 488. The van der Waals surface area contributed by atoms with Crippen molar-refractivity contribution in [3.05, 3.63) is 53.3 Å². The minimum Gasteiger partial charge on any atom is -0.398 e. The number of benzene rings is 1. The molecule has 0 amide bonds. The molecule has 2 aromatic rings. The first-order valence-electron chi connectivity index (χ1n) is 5.33. The van der Waals surface area contributed by atoms with E-state index >= 15 is 0 Å². The number of nitrogens with two attached hydrogens (primary N) is 1. The van der Waals surface area contributed by atoms with E-state index in [1.807, 2.05) is 36.5 Å². The molecule has 0 aliphatic carbocycles. The van der Waals surface area contributed by atoms with Crippen LogP contribution < -0.4 is 5.73 Å².